The summed E-state index contributed by atoms with van der Waals surface area (Å²) in [5, 5.41) is 3.32. The predicted octanol–water partition coefficient (Wildman–Crippen LogP) is 1.49. The van der Waals surface area contributed by atoms with E-state index in [4.69, 9.17) is 0 Å². The van der Waals surface area contributed by atoms with Crippen molar-refractivity contribution < 1.29 is 0 Å². The molecular formula is C10H22N2. The Morgan fingerprint density at radius 1 is 1.50 bits per heavy atom. The zero-order valence-electron chi connectivity index (χ0n) is 8.64. The van der Waals surface area contributed by atoms with Crippen molar-refractivity contribution in [3.8, 4) is 0 Å². The van der Waals surface area contributed by atoms with Gasteiger partial charge in [-0.25, -0.2) is 0 Å². The van der Waals surface area contributed by atoms with E-state index < -0.39 is 0 Å². The summed E-state index contributed by atoms with van der Waals surface area (Å²) < 4.78 is 0. The fourth-order valence-electron chi connectivity index (χ4n) is 1.13. The maximum Gasteiger partial charge on any atom is 0.0163 e. The van der Waals surface area contributed by atoms with Gasteiger partial charge in [-0.15, -0.1) is 6.58 Å². The summed E-state index contributed by atoms with van der Waals surface area (Å²) in [5.41, 5.74) is 0. The van der Waals surface area contributed by atoms with Crippen LogP contribution >= 0.6 is 0 Å². The fraction of sp³-hybridized carbons (Fsp3) is 0.800. The first-order valence-corrected chi connectivity index (χ1v) is 4.78. The molecule has 2 heteroatoms. The van der Waals surface area contributed by atoms with Crippen LogP contribution in [0, 0.1) is 0 Å². The molecule has 0 rings (SSSR count). The molecule has 2 nitrogen and oxygen atoms in total. The highest BCUT2D eigenvalue weighted by Crippen LogP contribution is 1.96. The average Bonchev–Trinajstić information content (AvgIpc) is 2.03. The third kappa shape index (κ3) is 5.33. The second kappa shape index (κ2) is 7.32. The van der Waals surface area contributed by atoms with Gasteiger partial charge in [-0.2, -0.15) is 0 Å². The van der Waals surface area contributed by atoms with Crippen LogP contribution in [0.15, 0.2) is 12.7 Å². The molecule has 0 saturated carbocycles. The Morgan fingerprint density at radius 2 is 2.17 bits per heavy atom. The molecule has 0 radical (unpaired) electrons. The molecule has 0 aliphatic carbocycles. The first-order chi connectivity index (χ1) is 5.72. The third-order valence-corrected chi connectivity index (χ3v) is 1.92. The summed E-state index contributed by atoms with van der Waals surface area (Å²) in [6.45, 7) is 14.5. The average molecular weight is 170 g/mol. The molecule has 0 spiro atoms. The summed E-state index contributed by atoms with van der Waals surface area (Å²) in [7, 11) is 0. The maximum absolute atomic E-state index is 3.75. The molecule has 1 N–H and O–H groups in total. The molecule has 12 heavy (non-hydrogen) atoms. The van der Waals surface area contributed by atoms with E-state index >= 15 is 0 Å². The number of hydrogen-bond donors (Lipinski definition) is 1. The van der Waals surface area contributed by atoms with Crippen LogP contribution in [0.5, 0.6) is 0 Å². The van der Waals surface area contributed by atoms with Gasteiger partial charge in [0, 0.05) is 25.7 Å². The Hall–Kier alpha value is -0.340. The van der Waals surface area contributed by atoms with Gasteiger partial charge in [0.05, 0.1) is 0 Å². The van der Waals surface area contributed by atoms with Crippen LogP contribution in [-0.2, 0) is 0 Å². The minimum Gasteiger partial charge on any atom is -0.316 e. The predicted molar refractivity (Wildman–Crippen MR) is 55.4 cm³/mol. The van der Waals surface area contributed by atoms with Gasteiger partial charge in [-0.3, -0.25) is 4.90 Å². The lowest BCUT2D eigenvalue weighted by Crippen LogP contribution is -2.36. The van der Waals surface area contributed by atoms with Crippen LogP contribution in [0.4, 0.5) is 0 Å². The minimum absolute atomic E-state index is 0.613. The lowest BCUT2D eigenvalue weighted by Gasteiger charge is -2.24. The number of rotatable bonds is 7. The SMILES string of the molecule is C=CCN(CCNCC)C(C)C. The van der Waals surface area contributed by atoms with Crippen LogP contribution < -0.4 is 5.32 Å². The van der Waals surface area contributed by atoms with E-state index in [0.29, 0.717) is 6.04 Å². The molecule has 0 heterocycles. The largest absolute Gasteiger partial charge is 0.316 e. The first-order valence-electron chi connectivity index (χ1n) is 4.78. The number of nitrogens with one attached hydrogen (secondary N) is 1. The van der Waals surface area contributed by atoms with Gasteiger partial charge in [-0.05, 0) is 20.4 Å². The van der Waals surface area contributed by atoms with Crippen molar-refractivity contribution >= 4 is 0 Å². The Balaban J connectivity index is 3.55. The molecule has 0 fully saturated rings. The van der Waals surface area contributed by atoms with Crippen LogP contribution in [0.2, 0.25) is 0 Å². The zero-order valence-corrected chi connectivity index (χ0v) is 8.64. The molecule has 0 saturated heterocycles. The Morgan fingerprint density at radius 3 is 2.58 bits per heavy atom. The highest BCUT2D eigenvalue weighted by atomic mass is 15.2. The van der Waals surface area contributed by atoms with Gasteiger partial charge in [0.2, 0.25) is 0 Å². The van der Waals surface area contributed by atoms with Gasteiger partial charge in [-0.1, -0.05) is 13.0 Å². The van der Waals surface area contributed by atoms with Crippen LogP contribution in [0.1, 0.15) is 20.8 Å². The molecule has 0 aromatic heterocycles. The molecule has 0 atom stereocenters. The van der Waals surface area contributed by atoms with E-state index in [9.17, 15) is 0 Å². The van der Waals surface area contributed by atoms with E-state index in [1.54, 1.807) is 0 Å². The summed E-state index contributed by atoms with van der Waals surface area (Å²) in [4.78, 5) is 2.40. The Bertz CT molecular complexity index is 110. The molecule has 0 aromatic carbocycles. The quantitative estimate of drug-likeness (QED) is 0.460. The van der Waals surface area contributed by atoms with Gasteiger partial charge in [0.25, 0.3) is 0 Å². The van der Waals surface area contributed by atoms with Gasteiger partial charge in [0.15, 0.2) is 0 Å². The summed E-state index contributed by atoms with van der Waals surface area (Å²) >= 11 is 0. The van der Waals surface area contributed by atoms with Gasteiger partial charge < -0.3 is 5.32 Å². The Kier molecular flexibility index (Phi) is 7.11. The summed E-state index contributed by atoms with van der Waals surface area (Å²) in [6.07, 6.45) is 1.96. The monoisotopic (exact) mass is 170 g/mol. The lowest BCUT2D eigenvalue weighted by atomic mass is 10.3. The number of likely N-dealkylation sites (N-methyl/N-ethyl adjacent to an activating group) is 1. The van der Waals surface area contributed by atoms with E-state index in [1.807, 2.05) is 6.08 Å². The van der Waals surface area contributed by atoms with E-state index in [-0.39, 0.29) is 0 Å². The van der Waals surface area contributed by atoms with Crippen molar-refractivity contribution in [2.24, 2.45) is 0 Å². The summed E-state index contributed by atoms with van der Waals surface area (Å²) in [5.74, 6) is 0. The Labute approximate surface area is 76.6 Å². The van der Waals surface area contributed by atoms with Crippen molar-refractivity contribution in [2.45, 2.75) is 26.8 Å². The number of hydrogen-bond acceptors (Lipinski definition) is 2. The van der Waals surface area contributed by atoms with Crippen molar-refractivity contribution in [3.05, 3.63) is 12.7 Å². The third-order valence-electron chi connectivity index (χ3n) is 1.92. The first kappa shape index (κ1) is 11.7. The lowest BCUT2D eigenvalue weighted by molar-refractivity contribution is 0.246. The topological polar surface area (TPSA) is 15.3 Å². The van der Waals surface area contributed by atoms with Gasteiger partial charge >= 0.3 is 0 Å². The second-order valence-electron chi connectivity index (χ2n) is 3.23. The maximum atomic E-state index is 3.75. The van der Waals surface area contributed by atoms with Crippen LogP contribution in [0.3, 0.4) is 0 Å². The fourth-order valence-corrected chi connectivity index (χ4v) is 1.13. The second-order valence-corrected chi connectivity index (χ2v) is 3.23. The standard InChI is InChI=1S/C10H22N2/c1-5-8-12(10(3)4)9-7-11-6-2/h5,10-11H,1,6-9H2,2-4H3. The van der Waals surface area contributed by atoms with E-state index in [0.717, 1.165) is 26.2 Å². The number of nitrogens with zero attached hydrogens (tertiary/aromatic N) is 1. The smallest absolute Gasteiger partial charge is 0.0163 e. The van der Waals surface area contributed by atoms with E-state index in [1.165, 1.54) is 0 Å². The van der Waals surface area contributed by atoms with Crippen LogP contribution in [-0.4, -0.2) is 37.1 Å². The normalized spacial score (nSPS) is 11.1. The van der Waals surface area contributed by atoms with Crippen LogP contribution in [0.25, 0.3) is 0 Å². The molecule has 0 aliphatic rings. The van der Waals surface area contributed by atoms with E-state index in [2.05, 4.69) is 37.6 Å². The highest BCUT2D eigenvalue weighted by molar-refractivity contribution is 4.75. The minimum atomic E-state index is 0.613. The molecule has 0 aromatic rings. The highest BCUT2D eigenvalue weighted by Gasteiger charge is 2.05. The van der Waals surface area contributed by atoms with Crippen molar-refractivity contribution in [3.63, 3.8) is 0 Å². The van der Waals surface area contributed by atoms with Crippen molar-refractivity contribution in [2.75, 3.05) is 26.2 Å². The van der Waals surface area contributed by atoms with Crippen molar-refractivity contribution in [1.82, 2.24) is 10.2 Å². The molecular weight excluding hydrogens is 148 g/mol. The molecule has 0 bridgehead atoms. The molecule has 0 aliphatic heterocycles. The molecule has 72 valence electrons. The zero-order chi connectivity index (χ0) is 9.40. The molecule has 0 unspecified atom stereocenters. The van der Waals surface area contributed by atoms with Crippen molar-refractivity contribution in [1.29, 1.82) is 0 Å². The van der Waals surface area contributed by atoms with Gasteiger partial charge in [0.1, 0.15) is 0 Å². The molecule has 0 amide bonds. The summed E-state index contributed by atoms with van der Waals surface area (Å²) in [6, 6.07) is 0.613.